The molecule has 0 radical (unpaired) electrons. The van der Waals surface area contributed by atoms with Crippen LogP contribution in [0.5, 0.6) is 0 Å². The van der Waals surface area contributed by atoms with Gasteiger partial charge in [0.2, 0.25) is 5.91 Å². The molecule has 3 aromatic rings. The molecular weight excluding hydrogens is 490 g/mol. The molecule has 0 fully saturated rings. The largest absolute Gasteiger partial charge is 0.324 e. The van der Waals surface area contributed by atoms with Crippen LogP contribution in [0.15, 0.2) is 71.6 Å². The number of nitrogens with one attached hydrogen (secondary N) is 1. The molecule has 1 N–H and O–H groups in total. The summed E-state index contributed by atoms with van der Waals surface area (Å²) in [4.78, 5) is 12.7. The summed E-state index contributed by atoms with van der Waals surface area (Å²) < 4.78 is 27.5. The summed E-state index contributed by atoms with van der Waals surface area (Å²) in [5.74, 6) is -0.594. The Morgan fingerprint density at radius 2 is 1.47 bits per heavy atom. The van der Waals surface area contributed by atoms with Crippen LogP contribution in [-0.2, 0) is 14.8 Å². The highest BCUT2D eigenvalue weighted by molar-refractivity contribution is 7.92. The van der Waals surface area contributed by atoms with Crippen LogP contribution in [0.3, 0.4) is 0 Å². The number of rotatable bonds is 6. The van der Waals surface area contributed by atoms with Crippen molar-refractivity contribution in [3.63, 3.8) is 0 Å². The van der Waals surface area contributed by atoms with Gasteiger partial charge in [-0.05, 0) is 48.5 Å². The molecule has 156 valence electrons. The lowest BCUT2D eigenvalue weighted by atomic mass is 10.3. The Labute approximate surface area is 194 Å². The van der Waals surface area contributed by atoms with E-state index in [2.05, 4.69) is 5.32 Å². The lowest BCUT2D eigenvalue weighted by Crippen LogP contribution is -2.38. The normalized spacial score (nSPS) is 11.2. The number of amides is 1. The maximum atomic E-state index is 13.3. The predicted molar refractivity (Wildman–Crippen MR) is 123 cm³/mol. The number of carbonyl (C=O) groups excluding carboxylic acids is 1. The Balaban J connectivity index is 1.97. The van der Waals surface area contributed by atoms with Crippen LogP contribution < -0.4 is 9.62 Å². The lowest BCUT2D eigenvalue weighted by Gasteiger charge is -2.24. The van der Waals surface area contributed by atoms with Gasteiger partial charge in [-0.25, -0.2) is 8.42 Å². The van der Waals surface area contributed by atoms with Crippen LogP contribution in [0.2, 0.25) is 20.1 Å². The summed E-state index contributed by atoms with van der Waals surface area (Å²) in [5, 5.41) is 3.66. The van der Waals surface area contributed by atoms with Crippen molar-refractivity contribution in [1.29, 1.82) is 0 Å². The molecule has 3 rings (SSSR count). The summed E-state index contributed by atoms with van der Waals surface area (Å²) in [7, 11) is -4.08. The van der Waals surface area contributed by atoms with E-state index in [1.54, 1.807) is 24.3 Å². The number of anilines is 2. The van der Waals surface area contributed by atoms with Crippen LogP contribution in [0, 0.1) is 0 Å². The number of sulfonamides is 1. The number of carbonyl (C=O) groups is 1. The van der Waals surface area contributed by atoms with E-state index in [1.807, 2.05) is 0 Å². The minimum absolute atomic E-state index is 0.0171. The highest BCUT2D eigenvalue weighted by Crippen LogP contribution is 2.30. The van der Waals surface area contributed by atoms with E-state index in [-0.39, 0.29) is 25.7 Å². The minimum Gasteiger partial charge on any atom is -0.324 e. The third kappa shape index (κ3) is 5.39. The number of nitrogens with zero attached hydrogens (tertiary/aromatic N) is 1. The van der Waals surface area contributed by atoms with Crippen molar-refractivity contribution in [3.05, 3.63) is 86.8 Å². The number of benzene rings is 3. The zero-order valence-corrected chi connectivity index (χ0v) is 19.0. The first-order valence-corrected chi connectivity index (χ1v) is 11.4. The highest BCUT2D eigenvalue weighted by Gasteiger charge is 2.27. The highest BCUT2D eigenvalue weighted by atomic mass is 35.5. The zero-order chi connectivity index (χ0) is 21.9. The van der Waals surface area contributed by atoms with Gasteiger partial charge in [0, 0.05) is 15.7 Å². The van der Waals surface area contributed by atoms with Crippen molar-refractivity contribution in [2.45, 2.75) is 4.90 Å². The molecule has 0 heterocycles. The van der Waals surface area contributed by atoms with E-state index in [9.17, 15) is 13.2 Å². The van der Waals surface area contributed by atoms with E-state index >= 15 is 0 Å². The second-order valence-electron chi connectivity index (χ2n) is 6.13. The molecule has 0 unspecified atom stereocenters. The molecule has 0 aliphatic carbocycles. The van der Waals surface area contributed by atoms with E-state index in [1.165, 1.54) is 42.5 Å². The average Bonchev–Trinajstić information content (AvgIpc) is 2.69. The van der Waals surface area contributed by atoms with E-state index < -0.39 is 22.5 Å². The van der Waals surface area contributed by atoms with Gasteiger partial charge in [-0.15, -0.1) is 0 Å². The van der Waals surface area contributed by atoms with Gasteiger partial charge in [0.1, 0.15) is 6.54 Å². The van der Waals surface area contributed by atoms with E-state index in [0.717, 1.165) is 4.31 Å². The molecule has 0 saturated heterocycles. The molecule has 10 heteroatoms. The summed E-state index contributed by atoms with van der Waals surface area (Å²) in [6, 6.07) is 16.6. The quantitative estimate of drug-likeness (QED) is 0.439. The Kier molecular flexibility index (Phi) is 7.16. The molecule has 0 aromatic heterocycles. The minimum atomic E-state index is -4.08. The summed E-state index contributed by atoms with van der Waals surface area (Å²) in [6.45, 7) is -0.520. The molecule has 0 spiro atoms. The van der Waals surface area contributed by atoms with Crippen molar-refractivity contribution in [2.75, 3.05) is 16.2 Å². The first-order valence-electron chi connectivity index (χ1n) is 8.45. The standard InChI is InChI=1S/C20H14Cl4N2O3S/c21-13-8-14(22)10-16(9-13)26(30(28,29)17-4-2-1-3-5-17)12-20(27)25-15-6-7-18(23)19(24)11-15/h1-11H,12H2,(H,25,27). The predicted octanol–water partition coefficient (Wildman–Crippen LogP) is 6.13. The molecule has 1 amide bonds. The molecular formula is C20H14Cl4N2O3S. The SMILES string of the molecule is O=C(CN(c1cc(Cl)cc(Cl)c1)S(=O)(=O)c1ccccc1)Nc1ccc(Cl)c(Cl)c1. The van der Waals surface area contributed by atoms with Gasteiger partial charge in [-0.3, -0.25) is 9.10 Å². The van der Waals surface area contributed by atoms with Crippen molar-refractivity contribution in [1.82, 2.24) is 0 Å². The lowest BCUT2D eigenvalue weighted by molar-refractivity contribution is -0.114. The fourth-order valence-corrected chi connectivity index (χ4v) is 4.86. The Morgan fingerprint density at radius 3 is 2.07 bits per heavy atom. The molecule has 0 bridgehead atoms. The maximum Gasteiger partial charge on any atom is 0.264 e. The van der Waals surface area contributed by atoms with Gasteiger partial charge in [0.05, 0.1) is 20.6 Å². The van der Waals surface area contributed by atoms with Crippen LogP contribution in [0.25, 0.3) is 0 Å². The van der Waals surface area contributed by atoms with Gasteiger partial charge in [-0.1, -0.05) is 64.6 Å². The third-order valence-corrected chi connectivity index (χ3v) is 6.92. The summed E-state index contributed by atoms with van der Waals surface area (Å²) >= 11 is 24.0. The Morgan fingerprint density at radius 1 is 0.833 bits per heavy atom. The van der Waals surface area contributed by atoms with Crippen molar-refractivity contribution >= 4 is 73.7 Å². The Bertz CT molecular complexity index is 1170. The van der Waals surface area contributed by atoms with E-state index in [4.69, 9.17) is 46.4 Å². The Hall–Kier alpha value is -1.96. The summed E-state index contributed by atoms with van der Waals surface area (Å²) in [5.41, 5.74) is 0.524. The second-order valence-corrected chi connectivity index (χ2v) is 9.68. The molecule has 0 saturated carbocycles. The van der Waals surface area contributed by atoms with Crippen LogP contribution >= 0.6 is 46.4 Å². The van der Waals surface area contributed by atoms with Crippen molar-refractivity contribution in [2.24, 2.45) is 0 Å². The van der Waals surface area contributed by atoms with Gasteiger partial charge < -0.3 is 5.32 Å². The molecule has 0 atom stereocenters. The van der Waals surface area contributed by atoms with Crippen LogP contribution in [0.1, 0.15) is 0 Å². The summed E-state index contributed by atoms with van der Waals surface area (Å²) in [6.07, 6.45) is 0. The molecule has 5 nitrogen and oxygen atoms in total. The molecule has 3 aromatic carbocycles. The smallest absolute Gasteiger partial charge is 0.264 e. The topological polar surface area (TPSA) is 66.5 Å². The van der Waals surface area contributed by atoms with Gasteiger partial charge in [0.15, 0.2) is 0 Å². The fourth-order valence-electron chi connectivity index (χ4n) is 2.62. The molecule has 0 aliphatic rings. The van der Waals surface area contributed by atoms with Gasteiger partial charge >= 0.3 is 0 Å². The number of hydrogen-bond donors (Lipinski definition) is 1. The zero-order valence-electron chi connectivity index (χ0n) is 15.2. The van der Waals surface area contributed by atoms with Crippen molar-refractivity contribution < 1.29 is 13.2 Å². The fraction of sp³-hybridized carbons (Fsp3) is 0.0500. The molecule has 30 heavy (non-hydrogen) atoms. The van der Waals surface area contributed by atoms with Crippen molar-refractivity contribution in [3.8, 4) is 0 Å². The van der Waals surface area contributed by atoms with Crippen LogP contribution in [-0.4, -0.2) is 20.9 Å². The monoisotopic (exact) mass is 502 g/mol. The number of halogens is 4. The first kappa shape index (κ1) is 22.7. The first-order chi connectivity index (χ1) is 14.2. The third-order valence-electron chi connectivity index (χ3n) is 3.96. The van der Waals surface area contributed by atoms with Gasteiger partial charge in [0.25, 0.3) is 10.0 Å². The molecule has 0 aliphatic heterocycles. The maximum absolute atomic E-state index is 13.3. The van der Waals surface area contributed by atoms with E-state index in [0.29, 0.717) is 10.7 Å². The van der Waals surface area contributed by atoms with Gasteiger partial charge in [-0.2, -0.15) is 0 Å². The second kappa shape index (κ2) is 9.45. The van der Waals surface area contributed by atoms with Crippen LogP contribution in [0.4, 0.5) is 11.4 Å². The average molecular weight is 504 g/mol. The number of hydrogen-bond acceptors (Lipinski definition) is 3.